The number of rotatable bonds is 14. The normalized spacial score (nSPS) is 23.4. The molecule has 0 bridgehead atoms. The molecule has 0 spiro atoms. The Morgan fingerprint density at radius 3 is 2.30 bits per heavy atom. The first-order valence-electron chi connectivity index (χ1n) is 13.6. The van der Waals surface area contributed by atoms with Crippen molar-refractivity contribution in [1.82, 2.24) is 10.2 Å². The summed E-state index contributed by atoms with van der Waals surface area (Å²) in [5.74, 6) is -3.47. The maximum Gasteiger partial charge on any atom is 0.335 e. The summed E-state index contributed by atoms with van der Waals surface area (Å²) in [5, 5.41) is 42.0. The van der Waals surface area contributed by atoms with Gasteiger partial charge in [-0.3, -0.25) is 24.1 Å². The third-order valence-corrected chi connectivity index (χ3v) is 6.33. The first-order chi connectivity index (χ1) is 20.7. The van der Waals surface area contributed by atoms with Crippen LogP contribution in [0.2, 0.25) is 0 Å². The van der Waals surface area contributed by atoms with Crippen LogP contribution in [0, 0.1) is 5.41 Å². The van der Waals surface area contributed by atoms with E-state index in [0.717, 1.165) is 17.1 Å². The van der Waals surface area contributed by atoms with E-state index in [1.165, 1.54) is 18.2 Å². The molecule has 1 aromatic rings. The van der Waals surface area contributed by atoms with Crippen LogP contribution in [0.3, 0.4) is 0 Å². The number of carbonyl (C=O) groups excluding carboxylic acids is 4. The summed E-state index contributed by atoms with van der Waals surface area (Å²) in [6.07, 6.45) is -6.86. The molecule has 2 aliphatic heterocycles. The summed E-state index contributed by atoms with van der Waals surface area (Å²) in [4.78, 5) is 59.5. The molecule has 2 heterocycles. The van der Waals surface area contributed by atoms with Gasteiger partial charge < -0.3 is 49.4 Å². The molecule has 0 radical (unpaired) electrons. The second-order valence-corrected chi connectivity index (χ2v) is 10.9. The van der Waals surface area contributed by atoms with Gasteiger partial charge in [-0.1, -0.05) is 0 Å². The predicted octanol–water partition coefficient (Wildman–Crippen LogP) is -1.52. The van der Waals surface area contributed by atoms with Gasteiger partial charge in [-0.25, -0.2) is 4.79 Å². The van der Waals surface area contributed by atoms with Crippen molar-refractivity contribution in [2.45, 2.75) is 58.1 Å². The van der Waals surface area contributed by atoms with Crippen LogP contribution >= 0.6 is 0 Å². The number of nitrogens with one attached hydrogen (secondary N) is 1. The largest absolute Gasteiger partial charge is 0.491 e. The van der Waals surface area contributed by atoms with Crippen LogP contribution in [0.4, 0.5) is 0 Å². The van der Waals surface area contributed by atoms with Gasteiger partial charge in [0.15, 0.2) is 6.10 Å². The third kappa shape index (κ3) is 9.20. The van der Waals surface area contributed by atoms with E-state index in [2.05, 4.69) is 5.32 Å². The average molecular weight is 625 g/mol. The molecule has 1 fully saturated rings. The minimum absolute atomic E-state index is 0.00534. The van der Waals surface area contributed by atoms with Crippen molar-refractivity contribution in [3.63, 3.8) is 0 Å². The number of carbonyl (C=O) groups is 5. The Morgan fingerprint density at radius 2 is 1.66 bits per heavy atom. The van der Waals surface area contributed by atoms with E-state index >= 15 is 0 Å². The second kappa shape index (κ2) is 15.1. The number of benzene rings is 1. The van der Waals surface area contributed by atoms with Crippen molar-refractivity contribution in [2.75, 3.05) is 32.9 Å². The van der Waals surface area contributed by atoms with Gasteiger partial charge in [0.25, 0.3) is 11.8 Å². The van der Waals surface area contributed by atoms with Crippen molar-refractivity contribution in [2.24, 2.45) is 5.41 Å². The van der Waals surface area contributed by atoms with Crippen molar-refractivity contribution in [3.05, 3.63) is 35.9 Å². The summed E-state index contributed by atoms with van der Waals surface area (Å²) in [6.45, 7) is 4.75. The zero-order valence-corrected chi connectivity index (χ0v) is 24.3. The lowest BCUT2D eigenvalue weighted by atomic mass is 9.97. The molecule has 0 saturated carbocycles. The first kappa shape index (κ1) is 34.4. The van der Waals surface area contributed by atoms with Crippen LogP contribution in [0.5, 0.6) is 11.5 Å². The Kier molecular flexibility index (Phi) is 11.8. The number of amides is 3. The second-order valence-electron chi connectivity index (χ2n) is 10.9. The number of ether oxygens (including phenoxy) is 5. The number of hydrogen-bond acceptors (Lipinski definition) is 13. The van der Waals surface area contributed by atoms with E-state index in [1.54, 1.807) is 20.8 Å². The molecule has 1 aromatic carbocycles. The van der Waals surface area contributed by atoms with Crippen LogP contribution in [0.1, 0.15) is 26.3 Å². The van der Waals surface area contributed by atoms with Crippen LogP contribution < -0.4 is 14.8 Å². The quantitative estimate of drug-likeness (QED) is 0.0900. The predicted molar refractivity (Wildman–Crippen MR) is 146 cm³/mol. The minimum Gasteiger partial charge on any atom is -0.491 e. The Hall–Kier alpha value is -4.09. The van der Waals surface area contributed by atoms with Gasteiger partial charge in [0.05, 0.1) is 18.6 Å². The molecule has 0 unspecified atom stereocenters. The third-order valence-electron chi connectivity index (χ3n) is 6.33. The summed E-state index contributed by atoms with van der Waals surface area (Å²) in [6, 6.07) is 4.31. The number of aliphatic hydroxyl groups excluding tert-OH is 3. The highest BCUT2D eigenvalue weighted by Gasteiger charge is 2.48. The average Bonchev–Trinajstić information content (AvgIpc) is 3.27. The van der Waals surface area contributed by atoms with Gasteiger partial charge in [0.2, 0.25) is 12.2 Å². The lowest BCUT2D eigenvalue weighted by Gasteiger charge is -2.38. The molecular weight excluding hydrogens is 588 g/mol. The van der Waals surface area contributed by atoms with Crippen LogP contribution in [-0.4, -0.2) is 119 Å². The number of imide groups is 1. The van der Waals surface area contributed by atoms with Gasteiger partial charge in [-0.15, -0.1) is 0 Å². The Morgan fingerprint density at radius 1 is 0.977 bits per heavy atom. The van der Waals surface area contributed by atoms with E-state index in [4.69, 9.17) is 23.7 Å². The molecule has 0 aliphatic carbocycles. The van der Waals surface area contributed by atoms with Crippen LogP contribution in [0.15, 0.2) is 30.4 Å². The highest BCUT2D eigenvalue weighted by molar-refractivity contribution is 6.14. The Labute approximate surface area is 252 Å². The highest BCUT2D eigenvalue weighted by atomic mass is 16.7. The standard InChI is InChI=1S/C28H36N2O14/c1-28(2,3)27(39)42-14-15-4-5-16(43-26-23(36)21(34)22(35)24(44-26)25(37)38)12-17(15)41-11-10-40-9-8-29-18(31)13-30-19(32)6-7-20(30)33/h4-7,12,21-24,26,34-36H,8-11,13-14H2,1-3H3,(H,29,31)(H,37,38)/t21-,22-,23+,24-,26+/m0/s1. The van der Waals surface area contributed by atoms with Crippen LogP contribution in [0.25, 0.3) is 0 Å². The highest BCUT2D eigenvalue weighted by Crippen LogP contribution is 2.30. The monoisotopic (exact) mass is 624 g/mol. The van der Waals surface area contributed by atoms with Crippen molar-refractivity contribution >= 4 is 29.7 Å². The number of carboxylic acid groups (broad SMARTS) is 1. The first-order valence-corrected chi connectivity index (χ1v) is 13.6. The van der Waals surface area contributed by atoms with Gasteiger partial charge in [-0.2, -0.15) is 0 Å². The van der Waals surface area contributed by atoms with Gasteiger partial charge >= 0.3 is 11.9 Å². The van der Waals surface area contributed by atoms with Crippen molar-refractivity contribution in [1.29, 1.82) is 0 Å². The number of hydrogen-bond donors (Lipinski definition) is 5. The molecule has 16 heteroatoms. The molecule has 16 nitrogen and oxygen atoms in total. The van der Waals surface area contributed by atoms with Crippen LogP contribution in [-0.2, 0) is 44.8 Å². The van der Waals surface area contributed by atoms with E-state index in [1.807, 2.05) is 0 Å². The minimum atomic E-state index is -1.88. The van der Waals surface area contributed by atoms with Gasteiger partial charge in [0.1, 0.15) is 49.6 Å². The molecule has 242 valence electrons. The fourth-order valence-corrected chi connectivity index (χ4v) is 3.87. The number of aliphatic hydroxyl groups is 3. The maximum atomic E-state index is 12.3. The van der Waals surface area contributed by atoms with E-state index < -0.39 is 72.3 Å². The molecule has 3 amide bonds. The molecule has 3 rings (SSSR count). The van der Waals surface area contributed by atoms with Gasteiger partial charge in [-0.05, 0) is 32.9 Å². The van der Waals surface area contributed by atoms with E-state index in [0.29, 0.717) is 5.56 Å². The summed E-state index contributed by atoms with van der Waals surface area (Å²) < 4.78 is 27.3. The molecule has 44 heavy (non-hydrogen) atoms. The number of nitrogens with zero attached hydrogens (tertiary/aromatic N) is 1. The zero-order chi connectivity index (χ0) is 32.6. The number of esters is 1. The lowest BCUT2D eigenvalue weighted by molar-refractivity contribution is -0.271. The lowest BCUT2D eigenvalue weighted by Crippen LogP contribution is -2.61. The molecular formula is C28H36N2O14. The SMILES string of the molecule is CC(C)(C)C(=O)OCc1ccc(O[C@@H]2O[C@H](C(=O)O)[C@@H](O)[C@H](O)[C@H]2O)cc1OCCOCCNC(=O)CN1C(=O)C=CC1=O. The Balaban J connectivity index is 1.56. The molecule has 5 N–H and O–H groups in total. The maximum absolute atomic E-state index is 12.3. The van der Waals surface area contributed by atoms with Crippen molar-refractivity contribution < 1.29 is 68.1 Å². The molecule has 0 aromatic heterocycles. The fourth-order valence-electron chi connectivity index (χ4n) is 3.87. The van der Waals surface area contributed by atoms with E-state index in [9.17, 15) is 44.4 Å². The molecule has 2 aliphatic rings. The summed E-state index contributed by atoms with van der Waals surface area (Å²) >= 11 is 0. The van der Waals surface area contributed by atoms with E-state index in [-0.39, 0.29) is 44.5 Å². The molecule has 1 saturated heterocycles. The smallest absolute Gasteiger partial charge is 0.335 e. The topological polar surface area (TPSA) is 228 Å². The van der Waals surface area contributed by atoms with Crippen molar-refractivity contribution in [3.8, 4) is 11.5 Å². The fraction of sp³-hybridized carbons (Fsp3) is 0.536. The van der Waals surface area contributed by atoms with Gasteiger partial charge in [0, 0.05) is 30.3 Å². The zero-order valence-electron chi connectivity index (χ0n) is 24.3. The Bertz CT molecular complexity index is 1240. The summed E-state index contributed by atoms with van der Waals surface area (Å²) in [5.41, 5.74) is -0.323. The summed E-state index contributed by atoms with van der Waals surface area (Å²) in [7, 11) is 0. The number of aliphatic carboxylic acids is 1. The number of carboxylic acids is 1. The molecule has 5 atom stereocenters.